The molecule has 102 valence electrons. The molecule has 0 aliphatic heterocycles. The number of aromatic nitrogens is 1. The van der Waals surface area contributed by atoms with Gasteiger partial charge in [-0.25, -0.2) is 0 Å². The van der Waals surface area contributed by atoms with Gasteiger partial charge in [-0.2, -0.15) is 0 Å². The first-order chi connectivity index (χ1) is 8.92. The summed E-state index contributed by atoms with van der Waals surface area (Å²) in [6.07, 6.45) is 3.86. The molecule has 19 heavy (non-hydrogen) atoms. The van der Waals surface area contributed by atoms with E-state index < -0.39 is 0 Å². The zero-order chi connectivity index (χ0) is 14.0. The number of aryl methyl sites for hydroxylation is 1. The minimum Gasteiger partial charge on any atom is -0.370 e. The number of fused-ring (bicyclic) bond motifs is 3. The second-order valence-corrected chi connectivity index (χ2v) is 5.87. The molecule has 1 heterocycles. The molecule has 0 unspecified atom stereocenters. The van der Waals surface area contributed by atoms with Crippen molar-refractivity contribution in [1.29, 1.82) is 0 Å². The predicted molar refractivity (Wildman–Crippen MR) is 79.1 cm³/mol. The molecule has 1 aromatic carbocycles. The molecule has 0 saturated carbocycles. The number of nitrogens with one attached hydrogen (secondary N) is 1. The summed E-state index contributed by atoms with van der Waals surface area (Å²) in [6, 6.07) is 8.67. The first kappa shape index (κ1) is 13.7. The number of para-hydroxylation sites is 1. The number of carbonyl (C=O) groups is 1. The Hall–Kier alpha value is -1.77. The zero-order valence-electron chi connectivity index (χ0n) is 11.9. The number of hydrogen-bond donors (Lipinski definition) is 2. The number of aromatic amines is 1. The number of primary amides is 1. The van der Waals surface area contributed by atoms with Crippen LogP contribution in [0.15, 0.2) is 24.3 Å². The van der Waals surface area contributed by atoms with E-state index in [1.54, 1.807) is 5.56 Å². The van der Waals surface area contributed by atoms with Crippen molar-refractivity contribution in [3.63, 3.8) is 0 Å². The third kappa shape index (κ3) is 2.80. The van der Waals surface area contributed by atoms with E-state index in [2.05, 4.69) is 48.8 Å². The lowest BCUT2D eigenvalue weighted by molar-refractivity contribution is -0.115. The Labute approximate surface area is 114 Å². The second kappa shape index (κ2) is 5.08. The summed E-state index contributed by atoms with van der Waals surface area (Å²) < 4.78 is 0. The van der Waals surface area contributed by atoms with Gasteiger partial charge < -0.3 is 10.7 Å². The Kier molecular flexibility index (Phi) is 3.65. The average Bonchev–Trinajstić information content (AvgIpc) is 2.69. The van der Waals surface area contributed by atoms with Crippen molar-refractivity contribution >= 4 is 16.8 Å². The zero-order valence-corrected chi connectivity index (χ0v) is 11.9. The Bertz CT molecular complexity index is 592. The largest absolute Gasteiger partial charge is 0.370 e. The van der Waals surface area contributed by atoms with Crippen molar-refractivity contribution in [2.75, 3.05) is 0 Å². The quantitative estimate of drug-likeness (QED) is 0.748. The first-order valence-corrected chi connectivity index (χ1v) is 6.78. The molecule has 0 bridgehead atoms. The molecule has 0 saturated heterocycles. The molecule has 3 N–H and O–H groups in total. The van der Waals surface area contributed by atoms with Crippen molar-refractivity contribution < 1.29 is 4.79 Å². The molecular formula is C16H22N2O. The van der Waals surface area contributed by atoms with Crippen LogP contribution in [0.5, 0.6) is 0 Å². The van der Waals surface area contributed by atoms with E-state index in [-0.39, 0.29) is 5.91 Å². The van der Waals surface area contributed by atoms with Crippen LogP contribution in [0.3, 0.4) is 0 Å². The van der Waals surface area contributed by atoms with Crippen LogP contribution >= 0.6 is 0 Å². The second-order valence-electron chi connectivity index (χ2n) is 5.87. The van der Waals surface area contributed by atoms with Crippen LogP contribution in [-0.4, -0.2) is 10.9 Å². The van der Waals surface area contributed by atoms with Gasteiger partial charge in [0.25, 0.3) is 0 Å². The number of H-pyrrole nitrogens is 1. The average molecular weight is 258 g/mol. The standard InChI is InChI=1S/C14H17N.C2H5NO/c1-14(2)9-5-7-11-10-6-3-4-8-12(10)15-13(11)14;1-2(3)4/h3-4,6,8,15H,5,7,9H2,1-2H3;1H3,(H2,3,4). The van der Waals surface area contributed by atoms with Crippen molar-refractivity contribution in [3.05, 3.63) is 35.5 Å². The molecule has 0 atom stereocenters. The van der Waals surface area contributed by atoms with Crippen LogP contribution in [-0.2, 0) is 16.6 Å². The molecule has 1 aliphatic carbocycles. The van der Waals surface area contributed by atoms with E-state index in [1.807, 2.05) is 0 Å². The van der Waals surface area contributed by atoms with E-state index in [0.29, 0.717) is 5.41 Å². The topological polar surface area (TPSA) is 58.9 Å². The molecule has 1 aromatic heterocycles. The van der Waals surface area contributed by atoms with Gasteiger partial charge in [0.2, 0.25) is 5.91 Å². The Balaban J connectivity index is 0.000000297. The molecule has 3 heteroatoms. The van der Waals surface area contributed by atoms with E-state index >= 15 is 0 Å². The Morgan fingerprint density at radius 2 is 1.95 bits per heavy atom. The lowest BCUT2D eigenvalue weighted by Gasteiger charge is -2.29. The van der Waals surface area contributed by atoms with Gasteiger partial charge in [0.15, 0.2) is 0 Å². The third-order valence-corrected chi connectivity index (χ3v) is 3.72. The Morgan fingerprint density at radius 1 is 1.32 bits per heavy atom. The van der Waals surface area contributed by atoms with E-state index in [4.69, 9.17) is 0 Å². The van der Waals surface area contributed by atoms with E-state index in [9.17, 15) is 4.79 Å². The maximum atomic E-state index is 9.22. The highest BCUT2D eigenvalue weighted by Gasteiger charge is 2.30. The monoisotopic (exact) mass is 258 g/mol. The first-order valence-electron chi connectivity index (χ1n) is 6.78. The van der Waals surface area contributed by atoms with Gasteiger partial charge in [0.05, 0.1) is 0 Å². The number of rotatable bonds is 0. The maximum absolute atomic E-state index is 9.22. The summed E-state index contributed by atoms with van der Waals surface area (Å²) in [5.74, 6) is -0.333. The number of carbonyl (C=O) groups excluding carboxylic acids is 1. The van der Waals surface area contributed by atoms with Gasteiger partial charge in [0.1, 0.15) is 0 Å². The van der Waals surface area contributed by atoms with Gasteiger partial charge in [-0.1, -0.05) is 32.0 Å². The molecule has 0 spiro atoms. The molecule has 1 aliphatic rings. The van der Waals surface area contributed by atoms with Crippen LogP contribution < -0.4 is 5.73 Å². The van der Waals surface area contributed by atoms with Gasteiger partial charge in [-0.15, -0.1) is 0 Å². The molecule has 0 fully saturated rings. The SMILES string of the molecule is CC(N)=O.CC1(C)CCCc2c1[nH]c1ccccc21. The normalized spacial score (nSPS) is 16.4. The lowest BCUT2D eigenvalue weighted by atomic mass is 9.76. The molecule has 0 radical (unpaired) electrons. The molecule has 1 amide bonds. The highest BCUT2D eigenvalue weighted by atomic mass is 16.1. The van der Waals surface area contributed by atoms with Crippen LogP contribution in [0.25, 0.3) is 10.9 Å². The lowest BCUT2D eigenvalue weighted by Crippen LogP contribution is -2.23. The van der Waals surface area contributed by atoms with Gasteiger partial charge >= 0.3 is 0 Å². The van der Waals surface area contributed by atoms with Crippen molar-refractivity contribution in [2.24, 2.45) is 5.73 Å². The van der Waals surface area contributed by atoms with E-state index in [1.165, 1.54) is 42.8 Å². The van der Waals surface area contributed by atoms with Crippen LogP contribution in [0.4, 0.5) is 0 Å². The summed E-state index contributed by atoms with van der Waals surface area (Å²) in [6.45, 7) is 6.00. The number of nitrogens with two attached hydrogens (primary N) is 1. The van der Waals surface area contributed by atoms with Crippen LogP contribution in [0, 0.1) is 0 Å². The van der Waals surface area contributed by atoms with Crippen molar-refractivity contribution in [2.45, 2.75) is 45.4 Å². The van der Waals surface area contributed by atoms with E-state index in [0.717, 1.165) is 0 Å². The number of amides is 1. The number of benzene rings is 1. The summed E-state index contributed by atoms with van der Waals surface area (Å²) in [4.78, 5) is 12.8. The van der Waals surface area contributed by atoms with Gasteiger partial charge in [-0.3, -0.25) is 4.79 Å². The molecule has 3 nitrogen and oxygen atoms in total. The third-order valence-electron chi connectivity index (χ3n) is 3.72. The molecule has 2 aromatic rings. The van der Waals surface area contributed by atoms with Crippen molar-refractivity contribution in [1.82, 2.24) is 4.98 Å². The smallest absolute Gasteiger partial charge is 0.214 e. The summed E-state index contributed by atoms with van der Waals surface area (Å²) in [5, 5.41) is 1.43. The van der Waals surface area contributed by atoms with Crippen LogP contribution in [0.2, 0.25) is 0 Å². The summed E-state index contributed by atoms with van der Waals surface area (Å²) in [7, 11) is 0. The molecular weight excluding hydrogens is 236 g/mol. The van der Waals surface area contributed by atoms with Crippen molar-refractivity contribution in [3.8, 4) is 0 Å². The maximum Gasteiger partial charge on any atom is 0.214 e. The fraction of sp³-hybridized carbons (Fsp3) is 0.438. The number of hydrogen-bond acceptors (Lipinski definition) is 1. The fourth-order valence-electron chi connectivity index (χ4n) is 2.87. The predicted octanol–water partition coefficient (Wildman–Crippen LogP) is 3.27. The minimum atomic E-state index is -0.333. The van der Waals surface area contributed by atoms with Crippen LogP contribution in [0.1, 0.15) is 44.9 Å². The summed E-state index contributed by atoms with van der Waals surface area (Å²) in [5.41, 5.74) is 9.13. The minimum absolute atomic E-state index is 0.326. The summed E-state index contributed by atoms with van der Waals surface area (Å²) >= 11 is 0. The van der Waals surface area contributed by atoms with Gasteiger partial charge in [0, 0.05) is 28.9 Å². The molecule has 3 rings (SSSR count). The fourth-order valence-corrected chi connectivity index (χ4v) is 2.87. The van der Waals surface area contributed by atoms with Gasteiger partial charge in [-0.05, 0) is 30.9 Å². The highest BCUT2D eigenvalue weighted by molar-refractivity contribution is 5.85. The highest BCUT2D eigenvalue weighted by Crippen LogP contribution is 2.39. The Morgan fingerprint density at radius 3 is 2.63 bits per heavy atom.